The van der Waals surface area contributed by atoms with Gasteiger partial charge in [-0.15, -0.1) is 0 Å². The van der Waals surface area contributed by atoms with Crippen LogP contribution in [0.4, 0.5) is 5.69 Å². The molecule has 0 saturated heterocycles. The van der Waals surface area contributed by atoms with Gasteiger partial charge < -0.3 is 19.2 Å². The monoisotopic (exact) mass is 430 g/mol. The van der Waals surface area contributed by atoms with E-state index in [0.717, 1.165) is 30.8 Å². The molecule has 2 unspecified atom stereocenters. The molecule has 1 amide bonds. The van der Waals surface area contributed by atoms with Gasteiger partial charge in [-0.25, -0.2) is 0 Å². The molecule has 160 valence electrons. The molecule has 0 bridgehead atoms. The van der Waals surface area contributed by atoms with Gasteiger partial charge in [-0.05, 0) is 37.3 Å². The third-order valence-electron chi connectivity index (χ3n) is 6.04. The summed E-state index contributed by atoms with van der Waals surface area (Å²) in [7, 11) is 0. The average Bonchev–Trinajstić information content (AvgIpc) is 3.63. The van der Waals surface area contributed by atoms with E-state index < -0.39 is 0 Å². The molecule has 0 spiro atoms. The van der Waals surface area contributed by atoms with Crippen molar-refractivity contribution in [2.75, 3.05) is 25.1 Å². The van der Waals surface area contributed by atoms with Crippen molar-refractivity contribution in [2.24, 2.45) is 5.92 Å². The zero-order valence-electron chi connectivity index (χ0n) is 17.2. The number of ether oxygens (including phenoxy) is 2. The van der Waals surface area contributed by atoms with Gasteiger partial charge in [-0.3, -0.25) is 9.69 Å². The Labute approximate surface area is 181 Å². The number of nitrogens with zero attached hydrogens (tertiary/aromatic N) is 1. The van der Waals surface area contributed by atoms with Crippen LogP contribution in [0.1, 0.15) is 50.0 Å². The fourth-order valence-electron chi connectivity index (χ4n) is 4.01. The summed E-state index contributed by atoms with van der Waals surface area (Å²) in [6.45, 7) is 4.37. The Hall–Kier alpha value is -2.18. The van der Waals surface area contributed by atoms with Crippen LogP contribution in [0.2, 0.25) is 5.02 Å². The topological polar surface area (TPSA) is 63.9 Å². The van der Waals surface area contributed by atoms with Crippen molar-refractivity contribution in [3.63, 3.8) is 0 Å². The summed E-state index contributed by atoms with van der Waals surface area (Å²) in [5.41, 5.74) is 0.546. The van der Waals surface area contributed by atoms with Gasteiger partial charge in [0.15, 0.2) is 11.5 Å². The minimum Gasteiger partial charge on any atom is -0.490 e. The van der Waals surface area contributed by atoms with Gasteiger partial charge in [-0.1, -0.05) is 18.5 Å². The van der Waals surface area contributed by atoms with Gasteiger partial charge in [0.1, 0.15) is 11.5 Å². The highest BCUT2D eigenvalue weighted by Crippen LogP contribution is 2.47. The quantitative estimate of drug-likeness (QED) is 0.682. The highest BCUT2D eigenvalue weighted by atomic mass is 35.5. The van der Waals surface area contributed by atoms with Gasteiger partial charge >= 0.3 is 0 Å². The molecule has 0 radical (unpaired) electrons. The standard InChI is InChI=1S/C23H27ClN2O4/c1-14-9-17(14)20-6-5-16(30-20)12-26(15-3-4-15)13-23(27)25-19-11-22-21(10-18(19)24)28-7-2-8-29-22/h5-6,10-11,14-15,17H,2-4,7-9,12-13H2,1H3,(H,25,27). The molecule has 1 aliphatic heterocycles. The van der Waals surface area contributed by atoms with Crippen molar-refractivity contribution in [2.45, 2.75) is 51.1 Å². The molecule has 1 aromatic carbocycles. The molecule has 5 rings (SSSR count). The Kier molecular flexibility index (Phi) is 5.37. The molecule has 6 nitrogen and oxygen atoms in total. The summed E-state index contributed by atoms with van der Waals surface area (Å²) >= 11 is 6.37. The van der Waals surface area contributed by atoms with E-state index in [1.165, 1.54) is 6.42 Å². The molecule has 2 saturated carbocycles. The summed E-state index contributed by atoms with van der Waals surface area (Å²) in [5, 5.41) is 3.38. The van der Waals surface area contributed by atoms with Crippen molar-refractivity contribution in [3.8, 4) is 11.5 Å². The molecular formula is C23H27ClN2O4. The van der Waals surface area contributed by atoms with E-state index >= 15 is 0 Å². The summed E-state index contributed by atoms with van der Waals surface area (Å²) in [6, 6.07) is 8.03. The van der Waals surface area contributed by atoms with E-state index in [0.29, 0.717) is 66.4 Å². The number of anilines is 1. The largest absolute Gasteiger partial charge is 0.490 e. The zero-order chi connectivity index (χ0) is 20.7. The van der Waals surface area contributed by atoms with E-state index in [-0.39, 0.29) is 5.91 Å². The van der Waals surface area contributed by atoms with E-state index in [1.807, 2.05) is 6.07 Å². The first-order chi connectivity index (χ1) is 14.6. The number of carbonyl (C=O) groups excluding carboxylic acids is 1. The fraction of sp³-hybridized carbons (Fsp3) is 0.522. The summed E-state index contributed by atoms with van der Waals surface area (Å²) < 4.78 is 17.4. The molecule has 7 heteroatoms. The molecule has 2 aromatic rings. The average molecular weight is 431 g/mol. The van der Waals surface area contributed by atoms with Crippen LogP contribution in [-0.2, 0) is 11.3 Å². The Morgan fingerprint density at radius 3 is 2.63 bits per heavy atom. The van der Waals surface area contributed by atoms with Crippen LogP contribution in [0.3, 0.4) is 0 Å². The Morgan fingerprint density at radius 1 is 1.20 bits per heavy atom. The maximum Gasteiger partial charge on any atom is 0.238 e. The predicted octanol–water partition coefficient (Wildman–Crippen LogP) is 4.82. The summed E-state index contributed by atoms with van der Waals surface area (Å²) in [4.78, 5) is 15.0. The van der Waals surface area contributed by atoms with Gasteiger partial charge in [-0.2, -0.15) is 0 Å². The lowest BCUT2D eigenvalue weighted by Gasteiger charge is -2.20. The number of nitrogens with one attached hydrogen (secondary N) is 1. The number of hydrogen-bond donors (Lipinski definition) is 1. The minimum absolute atomic E-state index is 0.0964. The Morgan fingerprint density at radius 2 is 1.93 bits per heavy atom. The third kappa shape index (κ3) is 4.44. The smallest absolute Gasteiger partial charge is 0.238 e. The molecule has 30 heavy (non-hydrogen) atoms. The number of halogens is 1. The Bertz CT molecular complexity index is 939. The van der Waals surface area contributed by atoms with Crippen molar-refractivity contribution in [1.82, 2.24) is 4.90 Å². The second-order valence-corrected chi connectivity index (χ2v) is 9.04. The molecule has 2 heterocycles. The maximum absolute atomic E-state index is 12.8. The van der Waals surface area contributed by atoms with Gasteiger partial charge in [0.25, 0.3) is 0 Å². The van der Waals surface area contributed by atoms with E-state index in [9.17, 15) is 4.79 Å². The number of fused-ring (bicyclic) bond motifs is 1. The lowest BCUT2D eigenvalue weighted by atomic mass is 10.2. The van der Waals surface area contributed by atoms with E-state index in [1.54, 1.807) is 12.1 Å². The highest BCUT2D eigenvalue weighted by molar-refractivity contribution is 6.34. The number of amides is 1. The summed E-state index contributed by atoms with van der Waals surface area (Å²) in [5.74, 6) is 4.43. The van der Waals surface area contributed by atoms with Crippen LogP contribution >= 0.6 is 11.6 Å². The number of rotatable bonds is 7. The molecule has 1 N–H and O–H groups in total. The fourth-order valence-corrected chi connectivity index (χ4v) is 4.21. The lowest BCUT2D eigenvalue weighted by Crippen LogP contribution is -2.34. The maximum atomic E-state index is 12.8. The molecular weight excluding hydrogens is 404 g/mol. The van der Waals surface area contributed by atoms with Gasteiger partial charge in [0.2, 0.25) is 5.91 Å². The van der Waals surface area contributed by atoms with Crippen molar-refractivity contribution in [1.29, 1.82) is 0 Å². The van der Waals surface area contributed by atoms with E-state index in [4.69, 9.17) is 25.5 Å². The second-order valence-electron chi connectivity index (χ2n) is 8.64. The first-order valence-corrected chi connectivity index (χ1v) is 11.2. The molecule has 2 aliphatic carbocycles. The molecule has 1 aromatic heterocycles. The van der Waals surface area contributed by atoms with Crippen molar-refractivity contribution in [3.05, 3.63) is 40.8 Å². The molecule has 2 fully saturated rings. The van der Waals surface area contributed by atoms with Crippen LogP contribution in [0, 0.1) is 5.92 Å². The second kappa shape index (κ2) is 8.16. The SMILES string of the molecule is CC1CC1c1ccc(CN(CC(=O)Nc2cc3c(cc2Cl)OCCCO3)C2CC2)o1. The highest BCUT2D eigenvalue weighted by Gasteiger charge is 2.37. The van der Waals surface area contributed by atoms with Crippen LogP contribution in [0.5, 0.6) is 11.5 Å². The van der Waals surface area contributed by atoms with Crippen molar-refractivity contribution >= 4 is 23.2 Å². The van der Waals surface area contributed by atoms with E-state index in [2.05, 4.69) is 23.2 Å². The first-order valence-electron chi connectivity index (χ1n) is 10.8. The third-order valence-corrected chi connectivity index (χ3v) is 6.35. The Balaban J connectivity index is 1.23. The minimum atomic E-state index is -0.0964. The first kappa shape index (κ1) is 19.8. The molecule has 2 atom stereocenters. The number of furan rings is 1. The van der Waals surface area contributed by atoms with Crippen LogP contribution in [-0.4, -0.2) is 36.6 Å². The van der Waals surface area contributed by atoms with Crippen LogP contribution in [0.25, 0.3) is 0 Å². The van der Waals surface area contributed by atoms with Gasteiger partial charge in [0.05, 0.1) is 37.0 Å². The van der Waals surface area contributed by atoms with Crippen molar-refractivity contribution < 1.29 is 18.7 Å². The lowest BCUT2D eigenvalue weighted by molar-refractivity contribution is -0.117. The van der Waals surface area contributed by atoms with Crippen LogP contribution in [0.15, 0.2) is 28.7 Å². The zero-order valence-corrected chi connectivity index (χ0v) is 17.9. The predicted molar refractivity (Wildman–Crippen MR) is 114 cm³/mol. The summed E-state index contributed by atoms with van der Waals surface area (Å²) in [6.07, 6.45) is 4.26. The molecule has 3 aliphatic rings. The van der Waals surface area contributed by atoms with Gasteiger partial charge in [0, 0.05) is 30.5 Å². The number of carbonyl (C=O) groups is 1. The normalized spacial score (nSPS) is 22.6. The number of hydrogen-bond acceptors (Lipinski definition) is 5. The number of benzene rings is 1. The van der Waals surface area contributed by atoms with Crippen LogP contribution < -0.4 is 14.8 Å².